The zero-order valence-corrected chi connectivity index (χ0v) is 10.4. The molecule has 0 aromatic heterocycles. The SMILES string of the molecule is N=[N+](c1ccccc1)c1ccc(N)c2ccccc12. The van der Waals surface area contributed by atoms with Crippen LogP contribution >= 0.6 is 0 Å². The first-order valence-electron chi connectivity index (χ1n) is 6.11. The van der Waals surface area contributed by atoms with E-state index in [0.29, 0.717) is 0 Å². The Kier molecular flexibility index (Phi) is 2.72. The molecule has 3 aromatic rings. The maximum absolute atomic E-state index is 8.30. The Labute approximate surface area is 111 Å². The molecule has 3 heteroatoms. The van der Waals surface area contributed by atoms with E-state index in [-0.39, 0.29) is 0 Å². The third kappa shape index (κ3) is 1.95. The second kappa shape index (κ2) is 4.53. The standard InChI is InChI=1S/C16H14N3/c17-15-10-11-16(14-9-5-4-8-13(14)15)19(18)12-6-2-1-3-7-12/h1-11,18H,17H2/q+1. The molecule has 3 N–H and O–H groups in total. The largest absolute Gasteiger partial charge is 0.398 e. The fourth-order valence-corrected chi connectivity index (χ4v) is 2.22. The van der Waals surface area contributed by atoms with E-state index in [0.717, 1.165) is 27.8 Å². The van der Waals surface area contributed by atoms with Gasteiger partial charge in [-0.15, -0.1) is 0 Å². The number of benzene rings is 3. The van der Waals surface area contributed by atoms with Gasteiger partial charge >= 0.3 is 0 Å². The number of hydrogen-bond acceptors (Lipinski definition) is 2. The van der Waals surface area contributed by atoms with Crippen molar-refractivity contribution in [2.24, 2.45) is 0 Å². The van der Waals surface area contributed by atoms with Gasteiger partial charge in [-0.3, -0.25) is 0 Å². The highest BCUT2D eigenvalue weighted by Crippen LogP contribution is 2.31. The summed E-state index contributed by atoms with van der Waals surface area (Å²) in [4.78, 5) is 0. The van der Waals surface area contributed by atoms with Gasteiger partial charge in [0, 0.05) is 29.3 Å². The lowest BCUT2D eigenvalue weighted by molar-refractivity contribution is 0.838. The Morgan fingerprint density at radius 3 is 2.11 bits per heavy atom. The van der Waals surface area contributed by atoms with Crippen molar-refractivity contribution in [3.8, 4) is 0 Å². The molecular formula is C16H14N3+. The van der Waals surface area contributed by atoms with E-state index in [1.54, 1.807) is 0 Å². The summed E-state index contributed by atoms with van der Waals surface area (Å²) in [5.41, 5.74) is 16.7. The smallest absolute Gasteiger partial charge is 0.245 e. The molecular weight excluding hydrogens is 234 g/mol. The number of nitrogen functional groups attached to an aromatic ring is 1. The summed E-state index contributed by atoms with van der Waals surface area (Å²) in [5, 5.41) is 1.97. The van der Waals surface area contributed by atoms with Crippen LogP contribution in [0.25, 0.3) is 10.8 Å². The van der Waals surface area contributed by atoms with Gasteiger partial charge in [0.25, 0.3) is 0 Å². The van der Waals surface area contributed by atoms with Gasteiger partial charge in [-0.25, -0.2) is 0 Å². The molecule has 3 rings (SSSR count). The molecule has 3 nitrogen and oxygen atoms in total. The summed E-state index contributed by atoms with van der Waals surface area (Å²) >= 11 is 0. The van der Waals surface area contributed by atoms with E-state index in [1.165, 1.54) is 4.70 Å². The van der Waals surface area contributed by atoms with Crippen LogP contribution < -0.4 is 10.4 Å². The highest BCUT2D eigenvalue weighted by Gasteiger charge is 2.17. The lowest BCUT2D eigenvalue weighted by atomic mass is 10.1. The first-order chi connectivity index (χ1) is 9.27. The van der Waals surface area contributed by atoms with Crippen LogP contribution in [-0.4, -0.2) is 0 Å². The predicted molar refractivity (Wildman–Crippen MR) is 79.0 cm³/mol. The molecule has 0 bridgehead atoms. The number of nitrogens with two attached hydrogens (primary N) is 1. The Morgan fingerprint density at radius 2 is 1.37 bits per heavy atom. The molecule has 0 amide bonds. The highest BCUT2D eigenvalue weighted by atomic mass is 15.2. The Balaban J connectivity index is 2.22. The van der Waals surface area contributed by atoms with Gasteiger partial charge in [0.1, 0.15) is 0 Å². The average Bonchev–Trinajstić information content (AvgIpc) is 2.48. The van der Waals surface area contributed by atoms with Crippen LogP contribution in [0.4, 0.5) is 17.1 Å². The number of nitrogens with one attached hydrogen (secondary N) is 1. The van der Waals surface area contributed by atoms with Crippen molar-refractivity contribution in [2.75, 3.05) is 5.73 Å². The fraction of sp³-hybridized carbons (Fsp3) is 0. The molecule has 3 aromatic carbocycles. The van der Waals surface area contributed by atoms with Gasteiger partial charge in [0.05, 0.1) is 5.39 Å². The minimum atomic E-state index is 0.737. The molecule has 0 fully saturated rings. The number of rotatable bonds is 2. The lowest BCUT2D eigenvalue weighted by Crippen LogP contribution is -1.99. The van der Waals surface area contributed by atoms with Gasteiger partial charge in [-0.1, -0.05) is 41.1 Å². The van der Waals surface area contributed by atoms with Crippen LogP contribution in [0.2, 0.25) is 0 Å². The molecule has 0 aliphatic carbocycles. The normalized spacial score (nSPS) is 10.5. The van der Waals surface area contributed by atoms with Crippen LogP contribution in [0.15, 0.2) is 66.7 Å². The first-order valence-corrected chi connectivity index (χ1v) is 6.11. The van der Waals surface area contributed by atoms with Crippen molar-refractivity contribution in [1.82, 2.24) is 4.70 Å². The summed E-state index contributed by atoms with van der Waals surface area (Å²) in [6, 6.07) is 21.3. The Hall–Kier alpha value is -2.68. The number of anilines is 1. The molecule has 0 saturated carbocycles. The zero-order chi connectivity index (χ0) is 13.2. The van der Waals surface area contributed by atoms with E-state index in [9.17, 15) is 0 Å². The maximum atomic E-state index is 8.30. The highest BCUT2D eigenvalue weighted by molar-refractivity contribution is 6.00. The van der Waals surface area contributed by atoms with Crippen LogP contribution in [0.1, 0.15) is 0 Å². The molecule has 0 unspecified atom stereocenters. The number of nitrogens with zero attached hydrogens (tertiary/aromatic N) is 1. The van der Waals surface area contributed by atoms with Gasteiger partial charge in [-0.2, -0.15) is 0 Å². The first kappa shape index (κ1) is 11.4. The van der Waals surface area contributed by atoms with Crippen LogP contribution in [0.3, 0.4) is 0 Å². The molecule has 0 spiro atoms. The van der Waals surface area contributed by atoms with Gasteiger partial charge in [-0.05, 0) is 17.7 Å². The topological polar surface area (TPSA) is 52.9 Å². The molecule has 0 radical (unpaired) electrons. The van der Waals surface area contributed by atoms with Crippen molar-refractivity contribution in [3.05, 3.63) is 66.7 Å². The third-order valence-electron chi connectivity index (χ3n) is 3.19. The van der Waals surface area contributed by atoms with E-state index in [2.05, 4.69) is 0 Å². The molecule has 0 aliphatic heterocycles. The average molecular weight is 248 g/mol. The molecule has 92 valence electrons. The zero-order valence-electron chi connectivity index (χ0n) is 10.4. The van der Waals surface area contributed by atoms with Crippen molar-refractivity contribution in [1.29, 1.82) is 5.53 Å². The predicted octanol–water partition coefficient (Wildman–Crippen LogP) is 4.29. The summed E-state index contributed by atoms with van der Waals surface area (Å²) in [7, 11) is 0. The molecule has 0 saturated heterocycles. The molecule has 0 atom stereocenters. The monoisotopic (exact) mass is 248 g/mol. The maximum Gasteiger partial charge on any atom is 0.245 e. The van der Waals surface area contributed by atoms with E-state index >= 15 is 0 Å². The van der Waals surface area contributed by atoms with Crippen molar-refractivity contribution in [3.63, 3.8) is 0 Å². The second-order valence-corrected chi connectivity index (χ2v) is 4.39. The number of para-hydroxylation sites is 1. The third-order valence-corrected chi connectivity index (χ3v) is 3.19. The van der Waals surface area contributed by atoms with Crippen LogP contribution in [-0.2, 0) is 0 Å². The van der Waals surface area contributed by atoms with Crippen LogP contribution in [0.5, 0.6) is 0 Å². The minimum Gasteiger partial charge on any atom is -0.398 e. The van der Waals surface area contributed by atoms with Crippen molar-refractivity contribution < 1.29 is 0 Å². The van der Waals surface area contributed by atoms with E-state index in [4.69, 9.17) is 11.3 Å². The fourth-order valence-electron chi connectivity index (χ4n) is 2.22. The van der Waals surface area contributed by atoms with Crippen molar-refractivity contribution >= 4 is 27.8 Å². The second-order valence-electron chi connectivity index (χ2n) is 4.39. The van der Waals surface area contributed by atoms with E-state index < -0.39 is 0 Å². The number of fused-ring (bicyclic) bond motifs is 1. The summed E-state index contributed by atoms with van der Waals surface area (Å²) in [5.74, 6) is 0. The van der Waals surface area contributed by atoms with Gasteiger partial charge < -0.3 is 5.73 Å². The van der Waals surface area contributed by atoms with Gasteiger partial charge in [0.15, 0.2) is 0 Å². The van der Waals surface area contributed by atoms with Gasteiger partial charge in [0.2, 0.25) is 11.4 Å². The summed E-state index contributed by atoms with van der Waals surface area (Å²) in [6.45, 7) is 0. The quantitative estimate of drug-likeness (QED) is 0.397. The minimum absolute atomic E-state index is 0.737. The molecule has 0 heterocycles. The summed E-state index contributed by atoms with van der Waals surface area (Å²) < 4.78 is 1.43. The molecule has 19 heavy (non-hydrogen) atoms. The number of hydrogen-bond donors (Lipinski definition) is 2. The van der Waals surface area contributed by atoms with E-state index in [1.807, 2.05) is 66.7 Å². The Bertz CT molecular complexity index is 748. The lowest BCUT2D eigenvalue weighted by Gasteiger charge is -2.04. The van der Waals surface area contributed by atoms with Crippen LogP contribution in [0, 0.1) is 5.53 Å². The molecule has 0 aliphatic rings. The Morgan fingerprint density at radius 1 is 0.737 bits per heavy atom. The van der Waals surface area contributed by atoms with Crippen molar-refractivity contribution in [2.45, 2.75) is 0 Å². The summed E-state index contributed by atoms with van der Waals surface area (Å²) in [6.07, 6.45) is 0.